The van der Waals surface area contributed by atoms with E-state index in [2.05, 4.69) is 12.2 Å². The number of benzene rings is 1. The monoisotopic (exact) mass is 459 g/mol. The molecule has 2 aliphatic heterocycles. The molecule has 0 radical (unpaired) electrons. The summed E-state index contributed by atoms with van der Waals surface area (Å²) in [7, 11) is 0. The van der Waals surface area contributed by atoms with Crippen LogP contribution in [0.3, 0.4) is 0 Å². The predicted molar refractivity (Wildman–Crippen MR) is 108 cm³/mol. The highest BCUT2D eigenvalue weighted by molar-refractivity contribution is 5.99. The van der Waals surface area contributed by atoms with E-state index < -0.39 is 52.6 Å². The van der Waals surface area contributed by atoms with Gasteiger partial charge in [0.1, 0.15) is 11.4 Å². The summed E-state index contributed by atoms with van der Waals surface area (Å²) in [6.07, 6.45) is 2.16. The minimum Gasteiger partial charge on any atom is -0.503 e. The van der Waals surface area contributed by atoms with Gasteiger partial charge in [0.05, 0.1) is 6.04 Å². The fourth-order valence-electron chi connectivity index (χ4n) is 6.56. The van der Waals surface area contributed by atoms with Crippen LogP contribution in [0.1, 0.15) is 39.8 Å². The molecule has 1 saturated heterocycles. The number of halogens is 3. The molecule has 2 unspecified atom stereocenters. The maximum absolute atomic E-state index is 13.8. The number of hydrogen-bond acceptors (Lipinski definition) is 4. The van der Waals surface area contributed by atoms with Gasteiger partial charge in [-0.1, -0.05) is 6.92 Å². The summed E-state index contributed by atoms with van der Waals surface area (Å²) in [6.45, 7) is 2.05. The Morgan fingerprint density at radius 2 is 1.85 bits per heavy atom. The normalized spacial score (nSPS) is 30.7. The van der Waals surface area contributed by atoms with Crippen LogP contribution in [0.2, 0.25) is 0 Å². The fraction of sp³-hybridized carbons (Fsp3) is 0.435. The van der Waals surface area contributed by atoms with Crippen molar-refractivity contribution >= 4 is 11.8 Å². The zero-order valence-electron chi connectivity index (χ0n) is 17.5. The second-order valence-corrected chi connectivity index (χ2v) is 9.52. The number of aromatic hydroxyl groups is 1. The van der Waals surface area contributed by atoms with Gasteiger partial charge in [0.15, 0.2) is 23.1 Å². The Morgan fingerprint density at radius 3 is 2.61 bits per heavy atom. The molecule has 33 heavy (non-hydrogen) atoms. The average molecular weight is 459 g/mol. The van der Waals surface area contributed by atoms with Gasteiger partial charge in [-0.15, -0.1) is 0 Å². The Hall–Kier alpha value is -3.30. The maximum atomic E-state index is 13.8. The quantitative estimate of drug-likeness (QED) is 0.687. The number of nitrogens with zero attached hydrogens (tertiary/aromatic N) is 2. The van der Waals surface area contributed by atoms with Gasteiger partial charge in [0, 0.05) is 37.0 Å². The van der Waals surface area contributed by atoms with Gasteiger partial charge >= 0.3 is 0 Å². The zero-order valence-corrected chi connectivity index (χ0v) is 17.5. The van der Waals surface area contributed by atoms with Gasteiger partial charge < -0.3 is 19.9 Å². The summed E-state index contributed by atoms with van der Waals surface area (Å²) in [5.41, 5.74) is -1.86. The minimum atomic E-state index is -1.35. The molecule has 1 aromatic carbocycles. The van der Waals surface area contributed by atoms with E-state index in [1.54, 1.807) is 0 Å². The largest absolute Gasteiger partial charge is 0.503 e. The van der Waals surface area contributed by atoms with Gasteiger partial charge in [-0.05, 0) is 36.2 Å². The maximum Gasteiger partial charge on any atom is 0.275 e. The SMILES string of the molecule is C[C@H]1[C@H]2C3CC([C@@H]12)N1C(=O)c2c(O)c(=O)c(C(=O)NCc4cc(F)c(F)cc4F)cn2C[C@@H]31. The van der Waals surface area contributed by atoms with Crippen LogP contribution in [0.4, 0.5) is 13.2 Å². The van der Waals surface area contributed by atoms with E-state index in [1.807, 2.05) is 4.90 Å². The molecule has 172 valence electrons. The first-order valence-corrected chi connectivity index (χ1v) is 10.9. The predicted octanol–water partition coefficient (Wildman–Crippen LogP) is 2.01. The molecule has 6 rings (SSSR count). The van der Waals surface area contributed by atoms with E-state index in [0.29, 0.717) is 42.3 Å². The number of carbonyl (C=O) groups is 2. The number of fused-ring (bicyclic) bond motifs is 9. The van der Waals surface area contributed by atoms with Crippen molar-refractivity contribution in [2.45, 2.75) is 38.5 Å². The van der Waals surface area contributed by atoms with E-state index in [1.165, 1.54) is 10.8 Å². The Labute approximate surface area is 185 Å². The van der Waals surface area contributed by atoms with Crippen LogP contribution in [0, 0.1) is 41.1 Å². The van der Waals surface area contributed by atoms with Crippen LogP contribution >= 0.6 is 0 Å². The van der Waals surface area contributed by atoms with Gasteiger partial charge in [0.2, 0.25) is 5.43 Å². The minimum absolute atomic E-state index is 0.0460. The molecule has 2 bridgehead atoms. The summed E-state index contributed by atoms with van der Waals surface area (Å²) in [6, 6.07) is 1.07. The van der Waals surface area contributed by atoms with Gasteiger partial charge in [-0.2, -0.15) is 0 Å². The topological polar surface area (TPSA) is 91.6 Å². The first-order valence-electron chi connectivity index (χ1n) is 10.9. The molecule has 2 aromatic rings. The van der Waals surface area contributed by atoms with E-state index in [0.717, 1.165) is 6.42 Å². The van der Waals surface area contributed by atoms with Crippen LogP contribution in [0.5, 0.6) is 5.75 Å². The molecular weight excluding hydrogens is 439 g/mol. The van der Waals surface area contributed by atoms with E-state index in [-0.39, 0.29) is 23.3 Å². The van der Waals surface area contributed by atoms with Crippen LogP contribution in [0.15, 0.2) is 23.1 Å². The standard InChI is InChI=1S/C23H20F3N3O4/c1-8-17-10-3-15(18(8)17)29-16(10)7-28-6-11(20(30)21(31)19(28)23(29)33)22(32)27-5-9-2-13(25)14(26)4-12(9)24/h2,4,6,8,10,15-18,31H,3,5,7H2,1H3,(H,27,32)/t8-,10?,15?,16-,17-,18+/m0/s1. The third kappa shape index (κ3) is 2.66. The molecule has 2 aliphatic carbocycles. The molecular formula is C23H20F3N3O4. The highest BCUT2D eigenvalue weighted by atomic mass is 19.2. The smallest absolute Gasteiger partial charge is 0.275 e. The Morgan fingerprint density at radius 1 is 1.12 bits per heavy atom. The number of piperidine rings is 1. The van der Waals surface area contributed by atoms with E-state index in [9.17, 15) is 32.7 Å². The third-order valence-corrected chi connectivity index (χ3v) is 8.03. The lowest BCUT2D eigenvalue weighted by Gasteiger charge is -2.40. The number of hydrogen-bond donors (Lipinski definition) is 2. The molecule has 0 spiro atoms. The van der Waals surface area contributed by atoms with E-state index >= 15 is 0 Å². The molecule has 4 aliphatic rings. The summed E-state index contributed by atoms with van der Waals surface area (Å²) >= 11 is 0. The molecule has 7 nitrogen and oxygen atoms in total. The van der Waals surface area contributed by atoms with Gasteiger partial charge in [-0.3, -0.25) is 14.4 Å². The number of amides is 2. The highest BCUT2D eigenvalue weighted by Gasteiger charge is 2.70. The van der Waals surface area contributed by atoms with Crippen molar-refractivity contribution in [1.29, 1.82) is 0 Å². The van der Waals surface area contributed by atoms with Crippen molar-refractivity contribution in [2.24, 2.45) is 23.7 Å². The summed E-state index contributed by atoms with van der Waals surface area (Å²) < 4.78 is 41.8. The molecule has 1 aromatic heterocycles. The lowest BCUT2D eigenvalue weighted by Crippen LogP contribution is -2.53. The lowest BCUT2D eigenvalue weighted by molar-refractivity contribution is 0.0465. The fourth-order valence-corrected chi connectivity index (χ4v) is 6.56. The number of pyridine rings is 1. The van der Waals surface area contributed by atoms with E-state index in [4.69, 9.17) is 0 Å². The Balaban J connectivity index is 1.29. The van der Waals surface area contributed by atoms with Crippen molar-refractivity contribution in [1.82, 2.24) is 14.8 Å². The summed E-state index contributed by atoms with van der Waals surface area (Å²) in [5, 5.41) is 12.8. The van der Waals surface area contributed by atoms with Gasteiger partial charge in [0.25, 0.3) is 11.8 Å². The summed E-state index contributed by atoms with van der Waals surface area (Å²) in [4.78, 5) is 40.4. The van der Waals surface area contributed by atoms with Crippen molar-refractivity contribution < 1.29 is 27.9 Å². The van der Waals surface area contributed by atoms with Crippen LogP contribution in [0.25, 0.3) is 0 Å². The molecule has 10 heteroatoms. The average Bonchev–Trinajstić information content (AvgIpc) is 3.13. The Kier molecular flexibility index (Phi) is 4.07. The number of carbonyl (C=O) groups excluding carboxylic acids is 2. The number of nitrogens with one attached hydrogen (secondary N) is 1. The first kappa shape index (κ1) is 20.3. The zero-order chi connectivity index (χ0) is 23.3. The lowest BCUT2D eigenvalue weighted by atomic mass is 9.93. The molecule has 2 amide bonds. The van der Waals surface area contributed by atoms with Gasteiger partial charge in [-0.25, -0.2) is 13.2 Å². The third-order valence-electron chi connectivity index (χ3n) is 8.03. The molecule has 6 atom stereocenters. The van der Waals surface area contributed by atoms with Crippen LogP contribution in [-0.4, -0.2) is 38.5 Å². The second-order valence-electron chi connectivity index (χ2n) is 9.52. The molecule has 3 heterocycles. The molecule has 2 saturated carbocycles. The number of rotatable bonds is 3. The van der Waals surface area contributed by atoms with Crippen LogP contribution < -0.4 is 10.7 Å². The van der Waals surface area contributed by atoms with Crippen LogP contribution in [-0.2, 0) is 13.1 Å². The first-order chi connectivity index (χ1) is 15.7. The Bertz CT molecular complexity index is 1310. The second kappa shape index (κ2) is 6.61. The summed E-state index contributed by atoms with van der Waals surface area (Å²) in [5.74, 6) is -3.80. The molecule has 3 fully saturated rings. The van der Waals surface area contributed by atoms with Crippen molar-refractivity contribution in [3.63, 3.8) is 0 Å². The van der Waals surface area contributed by atoms with Crippen molar-refractivity contribution in [2.75, 3.05) is 0 Å². The van der Waals surface area contributed by atoms with Crippen molar-refractivity contribution in [3.8, 4) is 5.75 Å². The molecule has 2 N–H and O–H groups in total. The number of aromatic nitrogens is 1. The highest BCUT2D eigenvalue weighted by Crippen LogP contribution is 2.67. The van der Waals surface area contributed by atoms with Crippen molar-refractivity contribution in [3.05, 3.63) is 62.8 Å².